The third-order valence-electron chi connectivity index (χ3n) is 5.87. The van der Waals surface area contributed by atoms with Gasteiger partial charge in [-0.15, -0.1) is 0 Å². The van der Waals surface area contributed by atoms with Crippen LogP contribution in [-0.2, 0) is 23.7 Å². The zero-order valence-electron chi connectivity index (χ0n) is 17.7. The van der Waals surface area contributed by atoms with Gasteiger partial charge in [0.2, 0.25) is 0 Å². The lowest BCUT2D eigenvalue weighted by Gasteiger charge is -2.33. The number of hydrogen-bond donors (Lipinski definition) is 2. The topological polar surface area (TPSA) is 121 Å². The Morgan fingerprint density at radius 1 is 1.09 bits per heavy atom. The van der Waals surface area contributed by atoms with Crippen molar-refractivity contribution < 1.29 is 28.8 Å². The molecule has 11 heteroatoms. The van der Waals surface area contributed by atoms with Crippen LogP contribution in [0.1, 0.15) is 50.3 Å². The Balaban J connectivity index is 1.66. The number of aromatic nitrogens is 2. The number of nitrogens with zero attached hydrogens (tertiary/aromatic N) is 1. The predicted molar refractivity (Wildman–Crippen MR) is 122 cm³/mol. The number of hydrogen-bond acceptors (Lipinski definition) is 8. The smallest absolute Gasteiger partial charge is 0.330 e. The molecule has 1 aromatic rings. The van der Waals surface area contributed by atoms with E-state index in [1.165, 1.54) is 10.8 Å². The van der Waals surface area contributed by atoms with Crippen LogP contribution in [0.5, 0.6) is 0 Å². The van der Waals surface area contributed by atoms with Crippen LogP contribution in [0, 0.1) is 0 Å². The highest BCUT2D eigenvalue weighted by Gasteiger charge is 2.49. The van der Waals surface area contributed by atoms with Crippen LogP contribution in [0.3, 0.4) is 0 Å². The molecule has 0 saturated carbocycles. The monoisotopic (exact) mass is 564 g/mol. The highest BCUT2D eigenvalue weighted by Crippen LogP contribution is 2.36. The molecule has 0 spiro atoms. The molecule has 0 amide bonds. The molecule has 0 aromatic carbocycles. The summed E-state index contributed by atoms with van der Waals surface area (Å²) in [5.41, 5.74) is -0.821. The molecule has 2 unspecified atom stereocenters. The molecule has 1 aromatic heterocycles. The van der Waals surface area contributed by atoms with Crippen molar-refractivity contribution in [2.45, 2.75) is 75.6 Å². The molecule has 10 nitrogen and oxygen atoms in total. The van der Waals surface area contributed by atoms with Gasteiger partial charge < -0.3 is 28.8 Å². The second-order valence-electron chi connectivity index (χ2n) is 8.08. The van der Waals surface area contributed by atoms with Gasteiger partial charge in [-0.2, -0.15) is 0 Å². The highest BCUT2D eigenvalue weighted by molar-refractivity contribution is 14.1. The Hall–Kier alpha value is -1.09. The summed E-state index contributed by atoms with van der Waals surface area (Å²) in [6.07, 6.45) is 4.37. The van der Waals surface area contributed by atoms with Gasteiger partial charge in [-0.25, -0.2) is 4.79 Å². The first-order valence-electron chi connectivity index (χ1n) is 11.0. The molecule has 3 saturated heterocycles. The van der Waals surface area contributed by atoms with Crippen LogP contribution >= 0.6 is 22.6 Å². The minimum atomic E-state index is -0.919. The molecule has 3 aliphatic rings. The van der Waals surface area contributed by atoms with Crippen molar-refractivity contribution in [2.24, 2.45) is 0 Å². The van der Waals surface area contributed by atoms with Crippen molar-refractivity contribution in [3.8, 4) is 0 Å². The summed E-state index contributed by atoms with van der Waals surface area (Å²) in [7, 11) is 0. The standard InChI is InChI=1S/C21H29IN2O8/c22-8-7-13-11-24(21(27)23-19(13)26)20-18(32-16-6-2-4-10-29-16)17(14(12-25)30-20)31-15-5-1-3-9-28-15/h7-8,11,14-18,20,25H,1-6,9-10,12H2,(H,23,26,27)/b8-7+/t14-,15?,16?,17-,18+,20-/m1/s1. The van der Waals surface area contributed by atoms with Gasteiger partial charge in [0.15, 0.2) is 18.8 Å². The maximum absolute atomic E-state index is 12.7. The van der Waals surface area contributed by atoms with Crippen molar-refractivity contribution in [1.82, 2.24) is 9.55 Å². The van der Waals surface area contributed by atoms with E-state index in [4.69, 9.17) is 23.7 Å². The molecular formula is C21H29IN2O8. The summed E-state index contributed by atoms with van der Waals surface area (Å²) in [4.78, 5) is 27.2. The third-order valence-corrected chi connectivity index (χ3v) is 6.23. The lowest BCUT2D eigenvalue weighted by Crippen LogP contribution is -2.45. The van der Waals surface area contributed by atoms with E-state index in [9.17, 15) is 14.7 Å². The summed E-state index contributed by atoms with van der Waals surface area (Å²) < 4.78 is 33.0. The summed E-state index contributed by atoms with van der Waals surface area (Å²) in [5, 5.41) is 10.0. The number of aliphatic hydroxyl groups excluding tert-OH is 1. The molecule has 0 radical (unpaired) electrons. The fourth-order valence-corrected chi connectivity index (χ4v) is 4.64. The minimum absolute atomic E-state index is 0.302. The molecule has 3 aliphatic heterocycles. The summed E-state index contributed by atoms with van der Waals surface area (Å²) in [6.45, 7) is 0.874. The maximum atomic E-state index is 12.7. The zero-order chi connectivity index (χ0) is 22.5. The lowest BCUT2D eigenvalue weighted by atomic mass is 10.1. The molecule has 178 valence electrons. The highest BCUT2D eigenvalue weighted by atomic mass is 127. The van der Waals surface area contributed by atoms with Gasteiger partial charge in [0.1, 0.15) is 18.3 Å². The van der Waals surface area contributed by atoms with Gasteiger partial charge in [0, 0.05) is 19.4 Å². The van der Waals surface area contributed by atoms with Crippen molar-refractivity contribution in [3.63, 3.8) is 0 Å². The van der Waals surface area contributed by atoms with E-state index in [-0.39, 0.29) is 6.61 Å². The molecule has 0 bridgehead atoms. The van der Waals surface area contributed by atoms with Crippen molar-refractivity contribution >= 4 is 28.7 Å². The van der Waals surface area contributed by atoms with Crippen LogP contribution in [-0.4, -0.2) is 65.4 Å². The minimum Gasteiger partial charge on any atom is -0.394 e. The largest absolute Gasteiger partial charge is 0.394 e. The predicted octanol–water partition coefficient (Wildman–Crippen LogP) is 1.66. The van der Waals surface area contributed by atoms with Crippen LogP contribution in [0.4, 0.5) is 0 Å². The third kappa shape index (κ3) is 5.51. The number of ether oxygens (including phenoxy) is 5. The van der Waals surface area contributed by atoms with Crippen LogP contribution < -0.4 is 11.2 Å². The van der Waals surface area contributed by atoms with Crippen molar-refractivity contribution in [2.75, 3.05) is 19.8 Å². The molecule has 32 heavy (non-hydrogen) atoms. The van der Waals surface area contributed by atoms with E-state index >= 15 is 0 Å². The Morgan fingerprint density at radius 2 is 1.75 bits per heavy atom. The Labute approximate surface area is 199 Å². The average Bonchev–Trinajstić information content (AvgIpc) is 3.14. The molecule has 4 rings (SSSR count). The number of aliphatic hydroxyl groups is 1. The van der Waals surface area contributed by atoms with Crippen molar-refractivity contribution in [3.05, 3.63) is 36.7 Å². The Kier molecular flexibility index (Phi) is 8.54. The number of rotatable bonds is 7. The van der Waals surface area contributed by atoms with Gasteiger partial charge in [-0.1, -0.05) is 22.6 Å². The first-order valence-corrected chi connectivity index (χ1v) is 12.3. The fraction of sp³-hybridized carbons (Fsp3) is 0.714. The van der Waals surface area contributed by atoms with E-state index in [0.29, 0.717) is 25.2 Å². The normalized spacial score (nSPS) is 33.7. The number of H-pyrrole nitrogens is 1. The van der Waals surface area contributed by atoms with E-state index in [2.05, 4.69) is 4.98 Å². The van der Waals surface area contributed by atoms with Gasteiger partial charge >= 0.3 is 5.69 Å². The van der Waals surface area contributed by atoms with Gasteiger partial charge in [0.25, 0.3) is 5.56 Å². The zero-order valence-corrected chi connectivity index (χ0v) is 19.8. The van der Waals surface area contributed by atoms with E-state index < -0.39 is 48.4 Å². The van der Waals surface area contributed by atoms with E-state index in [0.717, 1.165) is 32.1 Å². The second-order valence-corrected chi connectivity index (χ2v) is 8.80. The summed E-state index contributed by atoms with van der Waals surface area (Å²) in [5.74, 6) is 0. The van der Waals surface area contributed by atoms with Gasteiger partial charge in [0.05, 0.1) is 12.2 Å². The Bertz CT molecular complexity index is 891. The quantitative estimate of drug-likeness (QED) is 0.480. The fourth-order valence-electron chi connectivity index (χ4n) is 4.25. The van der Waals surface area contributed by atoms with E-state index in [1.807, 2.05) is 22.6 Å². The van der Waals surface area contributed by atoms with Crippen LogP contribution in [0.15, 0.2) is 19.9 Å². The summed E-state index contributed by atoms with van der Waals surface area (Å²) in [6, 6.07) is 0. The molecule has 6 atom stereocenters. The summed E-state index contributed by atoms with van der Waals surface area (Å²) >= 11 is 2.00. The number of aromatic amines is 1. The molecule has 4 heterocycles. The first kappa shape index (κ1) is 24.0. The Morgan fingerprint density at radius 3 is 2.31 bits per heavy atom. The lowest BCUT2D eigenvalue weighted by molar-refractivity contribution is -0.248. The maximum Gasteiger partial charge on any atom is 0.330 e. The van der Waals surface area contributed by atoms with Gasteiger partial charge in [-0.05, 0) is 48.7 Å². The number of halogens is 1. The molecule has 3 fully saturated rings. The van der Waals surface area contributed by atoms with Crippen LogP contribution in [0.25, 0.3) is 6.08 Å². The average molecular weight is 564 g/mol. The second kappa shape index (κ2) is 11.4. The SMILES string of the molecule is O=c1[nH]c(=O)n([C@@H]2O[C@H](CO)[C@@H](OC3CCCCO3)[C@@H]2OC2CCCCO2)cc1/C=C/I. The van der Waals surface area contributed by atoms with Gasteiger partial charge in [-0.3, -0.25) is 14.3 Å². The molecule has 0 aliphatic carbocycles. The van der Waals surface area contributed by atoms with Crippen LogP contribution in [0.2, 0.25) is 0 Å². The first-order chi connectivity index (χ1) is 15.6. The molecular weight excluding hydrogens is 535 g/mol. The molecule has 2 N–H and O–H groups in total. The van der Waals surface area contributed by atoms with E-state index in [1.54, 1.807) is 10.2 Å². The number of nitrogens with one attached hydrogen (secondary N) is 1. The van der Waals surface area contributed by atoms with Crippen molar-refractivity contribution in [1.29, 1.82) is 0 Å².